The van der Waals surface area contributed by atoms with Crippen molar-refractivity contribution in [3.05, 3.63) is 35.1 Å². The van der Waals surface area contributed by atoms with Crippen molar-refractivity contribution in [3.63, 3.8) is 0 Å². The number of aryl methyl sites for hydroxylation is 1. The number of aliphatic hydroxyl groups is 1. The molecule has 1 rings (SSSR count). The summed E-state index contributed by atoms with van der Waals surface area (Å²) in [5, 5.41) is 9.74. The number of benzene rings is 1. The quantitative estimate of drug-likeness (QED) is 0.860. The maximum Gasteiger partial charge on any atom is 0.123 e. The highest BCUT2D eigenvalue weighted by Crippen LogP contribution is 2.21. The molecule has 0 fully saturated rings. The van der Waals surface area contributed by atoms with Crippen LogP contribution in [-0.4, -0.2) is 11.2 Å². The van der Waals surface area contributed by atoms with Crippen LogP contribution in [0.5, 0.6) is 0 Å². The Bertz CT molecular complexity index is 333. The molecule has 0 unspecified atom stereocenters. The summed E-state index contributed by atoms with van der Waals surface area (Å²) in [7, 11) is 0. The van der Waals surface area contributed by atoms with Gasteiger partial charge in [-0.25, -0.2) is 4.39 Å². The smallest absolute Gasteiger partial charge is 0.123 e. The molecule has 16 heavy (non-hydrogen) atoms. The van der Waals surface area contributed by atoms with Gasteiger partial charge in [-0.15, -0.1) is 12.4 Å². The highest BCUT2D eigenvalue weighted by molar-refractivity contribution is 5.85. The van der Waals surface area contributed by atoms with E-state index in [-0.39, 0.29) is 18.2 Å². The van der Waals surface area contributed by atoms with Crippen molar-refractivity contribution in [2.45, 2.75) is 38.8 Å². The van der Waals surface area contributed by atoms with Gasteiger partial charge in [-0.05, 0) is 36.6 Å². The molecule has 0 bridgehead atoms. The van der Waals surface area contributed by atoms with Gasteiger partial charge in [0.1, 0.15) is 5.82 Å². The molecule has 0 aliphatic carbocycles. The van der Waals surface area contributed by atoms with Crippen molar-refractivity contribution in [1.29, 1.82) is 0 Å². The Hall–Kier alpha value is -0.640. The van der Waals surface area contributed by atoms with Gasteiger partial charge in [0.2, 0.25) is 0 Å². The van der Waals surface area contributed by atoms with Crippen LogP contribution in [0.15, 0.2) is 18.2 Å². The average molecular weight is 248 g/mol. The summed E-state index contributed by atoms with van der Waals surface area (Å²) >= 11 is 0. The summed E-state index contributed by atoms with van der Waals surface area (Å²) in [6.07, 6.45) is 0.899. The number of halogens is 2. The Morgan fingerprint density at radius 3 is 2.62 bits per heavy atom. The highest BCUT2D eigenvalue weighted by Gasteiger charge is 2.18. The third-order valence-corrected chi connectivity index (χ3v) is 2.60. The third-order valence-electron chi connectivity index (χ3n) is 2.60. The van der Waals surface area contributed by atoms with Crippen LogP contribution in [0.4, 0.5) is 4.39 Å². The summed E-state index contributed by atoms with van der Waals surface area (Å²) in [6, 6.07) is 3.99. The van der Waals surface area contributed by atoms with Crippen LogP contribution in [0.1, 0.15) is 36.9 Å². The fourth-order valence-corrected chi connectivity index (χ4v) is 1.65. The van der Waals surface area contributed by atoms with E-state index in [4.69, 9.17) is 5.73 Å². The number of rotatable bonds is 4. The van der Waals surface area contributed by atoms with E-state index < -0.39 is 12.1 Å². The average Bonchev–Trinajstić information content (AvgIpc) is 2.21. The normalized spacial score (nSPS) is 14.1. The monoisotopic (exact) mass is 247 g/mol. The summed E-state index contributed by atoms with van der Waals surface area (Å²) in [5.41, 5.74) is 7.48. The van der Waals surface area contributed by atoms with E-state index in [9.17, 15) is 9.50 Å². The summed E-state index contributed by atoms with van der Waals surface area (Å²) in [4.78, 5) is 0. The molecule has 92 valence electrons. The van der Waals surface area contributed by atoms with Gasteiger partial charge in [0.15, 0.2) is 0 Å². The molecule has 2 nitrogen and oxygen atoms in total. The van der Waals surface area contributed by atoms with Crippen molar-refractivity contribution in [3.8, 4) is 0 Å². The minimum atomic E-state index is -0.601. The molecule has 0 heterocycles. The van der Waals surface area contributed by atoms with Gasteiger partial charge in [-0.3, -0.25) is 0 Å². The van der Waals surface area contributed by atoms with E-state index in [0.717, 1.165) is 12.0 Å². The molecule has 1 aromatic rings. The van der Waals surface area contributed by atoms with E-state index >= 15 is 0 Å². The lowest BCUT2D eigenvalue weighted by Crippen LogP contribution is -2.26. The fourth-order valence-electron chi connectivity index (χ4n) is 1.65. The van der Waals surface area contributed by atoms with Crippen molar-refractivity contribution >= 4 is 12.4 Å². The van der Waals surface area contributed by atoms with Gasteiger partial charge >= 0.3 is 0 Å². The van der Waals surface area contributed by atoms with Crippen LogP contribution >= 0.6 is 12.4 Å². The third kappa shape index (κ3) is 3.74. The first-order chi connectivity index (χ1) is 7.06. The van der Waals surface area contributed by atoms with Crippen LogP contribution < -0.4 is 5.73 Å². The minimum Gasteiger partial charge on any atom is -0.391 e. The zero-order valence-electron chi connectivity index (χ0n) is 9.61. The zero-order chi connectivity index (χ0) is 11.4. The van der Waals surface area contributed by atoms with Crippen molar-refractivity contribution < 1.29 is 9.50 Å². The van der Waals surface area contributed by atoms with Crippen molar-refractivity contribution in [1.82, 2.24) is 0 Å². The molecule has 2 atom stereocenters. The highest BCUT2D eigenvalue weighted by atomic mass is 35.5. The number of nitrogens with two attached hydrogens (primary N) is 1. The number of hydrogen-bond donors (Lipinski definition) is 2. The lowest BCUT2D eigenvalue weighted by molar-refractivity contribution is 0.134. The maximum atomic E-state index is 13.0. The van der Waals surface area contributed by atoms with Crippen LogP contribution in [0.2, 0.25) is 0 Å². The Balaban J connectivity index is 0.00000225. The van der Waals surface area contributed by atoms with Crippen molar-refractivity contribution in [2.75, 3.05) is 0 Å². The van der Waals surface area contributed by atoms with Crippen LogP contribution in [-0.2, 0) is 0 Å². The standard InChI is InChI=1S/C12H18FNO.ClH/c1-3-4-11(15)12(14)10-7-9(13)6-5-8(10)2;/h5-7,11-12,15H,3-4,14H2,1-2H3;1H/t11-,12+;/m1./s1. The molecule has 0 saturated heterocycles. The molecule has 3 N–H and O–H groups in total. The Morgan fingerprint density at radius 1 is 1.44 bits per heavy atom. The molecule has 0 aliphatic heterocycles. The molecule has 0 saturated carbocycles. The maximum absolute atomic E-state index is 13.0. The molecule has 1 aromatic carbocycles. The number of aliphatic hydroxyl groups excluding tert-OH is 1. The molecule has 0 aliphatic rings. The first kappa shape index (κ1) is 15.4. The van der Waals surface area contributed by atoms with Crippen LogP contribution in [0.25, 0.3) is 0 Å². The Morgan fingerprint density at radius 2 is 2.06 bits per heavy atom. The van der Waals surface area contributed by atoms with Gasteiger partial charge in [0.25, 0.3) is 0 Å². The minimum absolute atomic E-state index is 0. The second kappa shape index (κ2) is 6.84. The van der Waals surface area contributed by atoms with E-state index in [2.05, 4.69) is 0 Å². The van der Waals surface area contributed by atoms with Gasteiger partial charge in [-0.1, -0.05) is 19.4 Å². The summed E-state index contributed by atoms with van der Waals surface area (Å²) in [6.45, 7) is 3.85. The van der Waals surface area contributed by atoms with E-state index in [1.807, 2.05) is 13.8 Å². The molecular formula is C12H19ClFNO. The van der Waals surface area contributed by atoms with Gasteiger partial charge in [0, 0.05) is 0 Å². The molecule has 0 aromatic heterocycles. The van der Waals surface area contributed by atoms with Gasteiger partial charge in [0.05, 0.1) is 12.1 Å². The van der Waals surface area contributed by atoms with Crippen molar-refractivity contribution in [2.24, 2.45) is 5.73 Å². The van der Waals surface area contributed by atoms with E-state index in [1.165, 1.54) is 12.1 Å². The Kier molecular flexibility index (Phi) is 6.56. The lowest BCUT2D eigenvalue weighted by Gasteiger charge is -2.20. The first-order valence-corrected chi connectivity index (χ1v) is 5.26. The SMILES string of the molecule is CCC[C@@H](O)[C@@H](N)c1cc(F)ccc1C.Cl. The molecule has 4 heteroatoms. The molecule has 0 spiro atoms. The molecule has 0 radical (unpaired) electrons. The molecule has 0 amide bonds. The fraction of sp³-hybridized carbons (Fsp3) is 0.500. The number of hydrogen-bond acceptors (Lipinski definition) is 2. The molecular weight excluding hydrogens is 229 g/mol. The van der Waals surface area contributed by atoms with Crippen LogP contribution in [0, 0.1) is 12.7 Å². The summed E-state index contributed by atoms with van der Waals surface area (Å²) < 4.78 is 13.0. The second-order valence-corrected chi connectivity index (χ2v) is 3.88. The predicted molar refractivity (Wildman–Crippen MR) is 66.2 cm³/mol. The topological polar surface area (TPSA) is 46.2 Å². The predicted octanol–water partition coefficient (Wildman–Crippen LogP) is 2.72. The van der Waals surface area contributed by atoms with E-state index in [0.29, 0.717) is 12.0 Å². The largest absolute Gasteiger partial charge is 0.391 e. The van der Waals surface area contributed by atoms with Crippen LogP contribution in [0.3, 0.4) is 0 Å². The summed E-state index contributed by atoms with van der Waals surface area (Å²) in [5.74, 6) is -0.310. The zero-order valence-corrected chi connectivity index (χ0v) is 10.4. The second-order valence-electron chi connectivity index (χ2n) is 3.88. The van der Waals surface area contributed by atoms with Gasteiger partial charge in [-0.2, -0.15) is 0 Å². The first-order valence-electron chi connectivity index (χ1n) is 5.26. The van der Waals surface area contributed by atoms with E-state index in [1.54, 1.807) is 6.07 Å². The lowest BCUT2D eigenvalue weighted by atomic mass is 9.95. The van der Waals surface area contributed by atoms with Gasteiger partial charge < -0.3 is 10.8 Å². The Labute approximate surface area is 102 Å².